The Morgan fingerprint density at radius 2 is 1.59 bits per heavy atom. The molecule has 3 fully saturated rings. The minimum atomic E-state index is -3.07. The fourth-order valence-electron chi connectivity index (χ4n) is 6.20. The molecule has 1 heterocycles. The van der Waals surface area contributed by atoms with Crippen LogP contribution in [0, 0.1) is 11.8 Å². The van der Waals surface area contributed by atoms with E-state index in [1.807, 2.05) is 0 Å². The third-order valence-corrected chi connectivity index (χ3v) is 10.2. The lowest BCUT2D eigenvalue weighted by molar-refractivity contribution is -0.146. The molecule has 2 atom stereocenters. The number of sulfone groups is 1. The van der Waals surface area contributed by atoms with Gasteiger partial charge in [0.15, 0.2) is 9.84 Å². The predicted octanol–water partition coefficient (Wildman–Crippen LogP) is 3.77. The molecular weight excluding hydrogens is 450 g/mol. The van der Waals surface area contributed by atoms with Crippen molar-refractivity contribution in [1.82, 2.24) is 15.5 Å². The van der Waals surface area contributed by atoms with Crippen LogP contribution in [0.25, 0.3) is 0 Å². The fraction of sp³-hybridized carbons (Fsp3) is 0.923. The van der Waals surface area contributed by atoms with E-state index < -0.39 is 15.2 Å². The molecule has 3 rings (SSSR count). The van der Waals surface area contributed by atoms with Crippen LogP contribution >= 0.6 is 0 Å². The van der Waals surface area contributed by atoms with Crippen molar-refractivity contribution in [2.24, 2.45) is 11.8 Å². The number of nitrogens with zero attached hydrogens (tertiary/aromatic N) is 1. The van der Waals surface area contributed by atoms with E-state index in [-0.39, 0.29) is 35.1 Å². The Labute approximate surface area is 207 Å². The van der Waals surface area contributed by atoms with Crippen LogP contribution in [0.2, 0.25) is 0 Å². The lowest BCUT2D eigenvalue weighted by Crippen LogP contribution is -2.55. The van der Waals surface area contributed by atoms with Gasteiger partial charge in [0.1, 0.15) is 5.37 Å². The number of rotatable bonds is 7. The Morgan fingerprint density at radius 1 is 0.941 bits per heavy atom. The van der Waals surface area contributed by atoms with Gasteiger partial charge in [0, 0.05) is 35.7 Å². The summed E-state index contributed by atoms with van der Waals surface area (Å²) in [4.78, 5) is 28.4. The molecule has 0 aromatic rings. The molecule has 2 N–H and O–H groups in total. The monoisotopic (exact) mass is 497 g/mol. The highest BCUT2D eigenvalue weighted by atomic mass is 32.2. The smallest absolute Gasteiger partial charge is 0.226 e. The van der Waals surface area contributed by atoms with Gasteiger partial charge in [-0.25, -0.2) is 8.42 Å². The van der Waals surface area contributed by atoms with Crippen LogP contribution in [0.15, 0.2) is 0 Å². The molecule has 0 bridgehead atoms. The molecule has 1 saturated heterocycles. The second-order valence-electron chi connectivity index (χ2n) is 11.8. The molecule has 0 aromatic carbocycles. The van der Waals surface area contributed by atoms with Gasteiger partial charge < -0.3 is 15.5 Å². The zero-order valence-corrected chi connectivity index (χ0v) is 22.6. The number of amides is 2. The Hall–Kier alpha value is -1.15. The lowest BCUT2D eigenvalue weighted by Gasteiger charge is -2.46. The van der Waals surface area contributed by atoms with E-state index in [4.69, 9.17) is 0 Å². The maximum absolute atomic E-state index is 13.5. The van der Waals surface area contributed by atoms with E-state index in [2.05, 4.69) is 36.3 Å². The van der Waals surface area contributed by atoms with Gasteiger partial charge in [-0.15, -0.1) is 0 Å². The number of carbonyl (C=O) groups is 2. The summed E-state index contributed by atoms with van der Waals surface area (Å²) >= 11 is 0. The van der Waals surface area contributed by atoms with Gasteiger partial charge in [0.2, 0.25) is 11.8 Å². The van der Waals surface area contributed by atoms with E-state index in [1.165, 1.54) is 19.3 Å². The number of hydrogen-bond donors (Lipinski definition) is 2. The summed E-state index contributed by atoms with van der Waals surface area (Å²) in [7, 11) is -3.07. The minimum Gasteiger partial charge on any atom is -0.353 e. The van der Waals surface area contributed by atoms with E-state index in [1.54, 1.807) is 6.92 Å². The highest BCUT2D eigenvalue weighted by molar-refractivity contribution is 7.91. The first-order valence-corrected chi connectivity index (χ1v) is 15.3. The Kier molecular flexibility index (Phi) is 9.46. The zero-order chi connectivity index (χ0) is 24.9. The summed E-state index contributed by atoms with van der Waals surface area (Å²) in [5.74, 6) is 0.757. The molecule has 7 nitrogen and oxygen atoms in total. The maximum Gasteiger partial charge on any atom is 0.226 e. The van der Waals surface area contributed by atoms with Crippen molar-refractivity contribution in [3.05, 3.63) is 0 Å². The van der Waals surface area contributed by atoms with Crippen LogP contribution in [0.5, 0.6) is 0 Å². The molecule has 3 aliphatic rings. The predicted molar refractivity (Wildman–Crippen MR) is 136 cm³/mol. The van der Waals surface area contributed by atoms with Crippen LogP contribution in [0.1, 0.15) is 105 Å². The van der Waals surface area contributed by atoms with E-state index in [9.17, 15) is 18.0 Å². The van der Waals surface area contributed by atoms with Crippen molar-refractivity contribution in [3.63, 3.8) is 0 Å². The third-order valence-electron chi connectivity index (χ3n) is 8.12. The van der Waals surface area contributed by atoms with Crippen molar-refractivity contribution in [3.8, 4) is 0 Å². The maximum atomic E-state index is 13.5. The topological polar surface area (TPSA) is 95.6 Å². The second kappa shape index (κ2) is 11.7. The van der Waals surface area contributed by atoms with Gasteiger partial charge in [-0.1, -0.05) is 26.2 Å². The summed E-state index contributed by atoms with van der Waals surface area (Å²) in [5, 5.41) is 5.85. The fourth-order valence-corrected chi connectivity index (χ4v) is 7.45. The van der Waals surface area contributed by atoms with Crippen molar-refractivity contribution in [2.75, 3.05) is 12.3 Å². The van der Waals surface area contributed by atoms with Crippen LogP contribution in [-0.4, -0.2) is 60.4 Å². The van der Waals surface area contributed by atoms with E-state index in [0.717, 1.165) is 44.9 Å². The normalized spacial score (nSPS) is 29.4. The minimum absolute atomic E-state index is 0.0527. The molecule has 0 spiro atoms. The van der Waals surface area contributed by atoms with Gasteiger partial charge >= 0.3 is 0 Å². The van der Waals surface area contributed by atoms with Crippen LogP contribution in [0.4, 0.5) is 0 Å². The van der Waals surface area contributed by atoms with E-state index in [0.29, 0.717) is 31.3 Å². The van der Waals surface area contributed by atoms with Gasteiger partial charge in [-0.05, 0) is 84.6 Å². The lowest BCUT2D eigenvalue weighted by atomic mass is 9.82. The molecule has 2 aliphatic carbocycles. The Morgan fingerprint density at radius 3 is 2.12 bits per heavy atom. The number of nitrogens with one attached hydrogen (secondary N) is 2. The van der Waals surface area contributed by atoms with Crippen molar-refractivity contribution >= 4 is 21.7 Å². The molecule has 196 valence electrons. The second-order valence-corrected chi connectivity index (χ2v) is 14.3. The summed E-state index contributed by atoms with van der Waals surface area (Å²) in [6.07, 6.45) is 11.1. The van der Waals surface area contributed by atoms with Gasteiger partial charge in [0.25, 0.3) is 0 Å². The molecule has 1 aliphatic heterocycles. The summed E-state index contributed by atoms with van der Waals surface area (Å²) < 4.78 is 24.1. The molecule has 0 aromatic heterocycles. The Bertz CT molecular complexity index is 785. The molecule has 2 saturated carbocycles. The highest BCUT2D eigenvalue weighted by Gasteiger charge is 2.39. The first kappa shape index (κ1) is 27.4. The molecule has 0 radical (unpaired) electrons. The first-order valence-electron chi connectivity index (χ1n) is 13.6. The van der Waals surface area contributed by atoms with Gasteiger partial charge in [-0.3, -0.25) is 9.59 Å². The van der Waals surface area contributed by atoms with Crippen molar-refractivity contribution in [2.45, 2.75) is 128 Å². The summed E-state index contributed by atoms with van der Waals surface area (Å²) in [5.41, 5.74) is -0.159. The molecular formula is C26H47N3O4S. The van der Waals surface area contributed by atoms with Crippen LogP contribution in [0.3, 0.4) is 0 Å². The van der Waals surface area contributed by atoms with Gasteiger partial charge in [0.05, 0.1) is 0 Å². The summed E-state index contributed by atoms with van der Waals surface area (Å²) in [6, 6.07) is 0.508. The first-order chi connectivity index (χ1) is 16.0. The summed E-state index contributed by atoms with van der Waals surface area (Å²) in [6.45, 7) is 8.72. The third kappa shape index (κ3) is 7.19. The van der Waals surface area contributed by atoms with E-state index >= 15 is 0 Å². The Balaban J connectivity index is 1.43. The van der Waals surface area contributed by atoms with Crippen molar-refractivity contribution < 1.29 is 18.0 Å². The quantitative estimate of drug-likeness (QED) is 0.558. The molecule has 2 amide bonds. The van der Waals surface area contributed by atoms with Gasteiger partial charge in [-0.2, -0.15) is 0 Å². The van der Waals surface area contributed by atoms with Crippen LogP contribution in [-0.2, 0) is 19.4 Å². The number of hydrogen-bond acceptors (Lipinski definition) is 5. The average Bonchev–Trinajstić information content (AvgIpc) is 2.79. The van der Waals surface area contributed by atoms with Crippen molar-refractivity contribution in [1.29, 1.82) is 0 Å². The van der Waals surface area contributed by atoms with Crippen LogP contribution < -0.4 is 10.6 Å². The standard InChI is InChI=1S/C26H47N3O4S/c1-5-34(32,33)24-16-11-19(18-27-24)17-23(30)28-21-14-12-20(13-15-21)25(31)29(26(2,3)4)22-9-7-6-8-10-22/h19-22,24,27H,5-18H2,1-4H3,(H,28,30). The molecule has 34 heavy (non-hydrogen) atoms. The largest absolute Gasteiger partial charge is 0.353 e. The number of carbonyl (C=O) groups excluding carboxylic acids is 2. The number of piperidine rings is 1. The average molecular weight is 498 g/mol. The highest BCUT2D eigenvalue weighted by Crippen LogP contribution is 2.34. The molecule has 2 unspecified atom stereocenters. The zero-order valence-electron chi connectivity index (χ0n) is 21.8. The molecule has 8 heteroatoms. The SMILES string of the molecule is CCS(=O)(=O)C1CCC(CC(=O)NC2CCC(C(=O)N(C3CCCCC3)C(C)(C)C)CC2)CN1.